The number of carbonyl (C=O) groups excluding carboxylic acids is 1. The molecule has 1 amide bonds. The van der Waals surface area contributed by atoms with E-state index < -0.39 is 36.1 Å². The van der Waals surface area contributed by atoms with Crippen molar-refractivity contribution in [3.63, 3.8) is 0 Å². The third-order valence-electron chi connectivity index (χ3n) is 2.51. The number of amides is 1. The Balaban J connectivity index is 0.000000204. The first-order chi connectivity index (χ1) is 9.29. The summed E-state index contributed by atoms with van der Waals surface area (Å²) in [5, 5.41) is 33.2. The van der Waals surface area contributed by atoms with Crippen molar-refractivity contribution in [2.24, 2.45) is 5.73 Å². The van der Waals surface area contributed by atoms with Crippen molar-refractivity contribution in [2.45, 2.75) is 23.6 Å². The zero-order valence-corrected chi connectivity index (χ0v) is 11.0. The van der Waals surface area contributed by atoms with Gasteiger partial charge in [0.15, 0.2) is 6.10 Å². The number of hydrogen-bond acceptors (Lipinski definition) is 7. The number of carbonyl (C=O) groups is 1. The predicted molar refractivity (Wildman–Crippen MR) is 67.5 cm³/mol. The van der Waals surface area contributed by atoms with Crippen molar-refractivity contribution in [1.82, 2.24) is 4.98 Å². The van der Waals surface area contributed by atoms with Gasteiger partial charge in [-0.05, 0) is 12.1 Å². The van der Waals surface area contributed by atoms with E-state index in [1.165, 1.54) is 6.20 Å². The summed E-state index contributed by atoms with van der Waals surface area (Å²) in [6, 6.07) is 3.29. The van der Waals surface area contributed by atoms with Crippen molar-refractivity contribution >= 4 is 17.5 Å². The molecule has 1 aromatic rings. The molecule has 0 spiro atoms. The van der Waals surface area contributed by atoms with Crippen molar-refractivity contribution in [3.8, 4) is 0 Å². The number of halogens is 1. The largest absolute Gasteiger partial charge is 0.394 e. The number of pyridine rings is 1. The van der Waals surface area contributed by atoms with Gasteiger partial charge in [-0.2, -0.15) is 0 Å². The third-order valence-corrected chi connectivity index (χ3v) is 2.82. The van der Waals surface area contributed by atoms with Crippen molar-refractivity contribution < 1.29 is 30.0 Å². The number of hydrogen-bond donors (Lipinski definition) is 5. The normalized spacial score (nSPS) is 32.4. The maximum atomic E-state index is 10.4. The summed E-state index contributed by atoms with van der Waals surface area (Å²) in [6.45, 7) is -0.507. The smallest absolute Gasteiger partial charge is 0.276 e. The number of aliphatic hydroxyl groups excluding tert-OH is 3. The molecule has 2 heterocycles. The van der Waals surface area contributed by atoms with Gasteiger partial charge >= 0.3 is 0 Å². The highest BCUT2D eigenvalue weighted by Gasteiger charge is 2.52. The second kappa shape index (κ2) is 6.93. The average molecular weight is 307 g/mol. The van der Waals surface area contributed by atoms with Gasteiger partial charge < -0.3 is 30.9 Å². The van der Waals surface area contributed by atoms with Crippen LogP contribution in [0.5, 0.6) is 0 Å². The minimum Gasteiger partial charge on any atom is -0.394 e. The summed E-state index contributed by atoms with van der Waals surface area (Å²) in [5.41, 5.74) is 5.38. The van der Waals surface area contributed by atoms with Crippen LogP contribution in [0, 0.1) is 0 Å². The van der Waals surface area contributed by atoms with Crippen LogP contribution in [0.25, 0.3) is 0 Å². The number of aliphatic hydroxyl groups is 4. The highest BCUT2D eigenvalue weighted by molar-refractivity contribution is 6.22. The van der Waals surface area contributed by atoms with Gasteiger partial charge in [-0.25, -0.2) is 0 Å². The van der Waals surface area contributed by atoms with Crippen molar-refractivity contribution in [1.29, 1.82) is 0 Å². The second-order valence-corrected chi connectivity index (χ2v) is 4.53. The van der Waals surface area contributed by atoms with Crippen molar-refractivity contribution in [2.75, 3.05) is 6.61 Å². The van der Waals surface area contributed by atoms with Gasteiger partial charge in [0, 0.05) is 12.4 Å². The maximum Gasteiger partial charge on any atom is 0.276 e. The Morgan fingerprint density at radius 2 is 2.20 bits per heavy atom. The Morgan fingerprint density at radius 1 is 1.55 bits per heavy atom. The number of nitrogens with zero attached hydrogens (tertiary/aromatic N) is 1. The summed E-state index contributed by atoms with van der Waals surface area (Å²) >= 11 is 5.20. The first-order valence-electron chi connectivity index (χ1n) is 5.55. The van der Waals surface area contributed by atoms with Crippen LogP contribution < -0.4 is 5.73 Å². The SMILES string of the molecule is NC(=O)c1cccnc1.OC[C@H]1O[C@](O)(Cl)[C@H](O)[C@@H]1O. The van der Waals surface area contributed by atoms with Crippen LogP contribution >= 0.6 is 11.6 Å². The molecule has 2 rings (SSSR count). The lowest BCUT2D eigenvalue weighted by Crippen LogP contribution is -2.38. The summed E-state index contributed by atoms with van der Waals surface area (Å²) in [7, 11) is 0. The number of ether oxygens (including phenoxy) is 1. The van der Waals surface area contributed by atoms with E-state index in [-0.39, 0.29) is 0 Å². The molecule has 1 fully saturated rings. The van der Waals surface area contributed by atoms with Crippen molar-refractivity contribution in [3.05, 3.63) is 30.1 Å². The molecule has 0 aromatic carbocycles. The minimum absolute atomic E-state index is 0.442. The minimum atomic E-state index is -2.28. The van der Waals surface area contributed by atoms with Crippen LogP contribution in [0.4, 0.5) is 0 Å². The zero-order valence-electron chi connectivity index (χ0n) is 10.3. The second-order valence-electron chi connectivity index (χ2n) is 3.99. The molecule has 1 aliphatic heterocycles. The van der Waals surface area contributed by atoms with E-state index in [1.54, 1.807) is 18.3 Å². The predicted octanol–water partition coefficient (Wildman–Crippen LogP) is -1.84. The van der Waals surface area contributed by atoms with E-state index in [9.17, 15) is 4.79 Å². The van der Waals surface area contributed by atoms with Gasteiger partial charge in [0.2, 0.25) is 5.91 Å². The molecule has 0 unspecified atom stereocenters. The molecule has 8 nitrogen and oxygen atoms in total. The molecule has 0 saturated carbocycles. The first-order valence-corrected chi connectivity index (χ1v) is 5.93. The van der Waals surface area contributed by atoms with E-state index in [0.717, 1.165) is 0 Å². The Morgan fingerprint density at radius 3 is 2.45 bits per heavy atom. The number of nitrogens with two attached hydrogens (primary N) is 1. The molecular formula is C11H15ClN2O6. The lowest BCUT2D eigenvalue weighted by molar-refractivity contribution is -0.169. The van der Waals surface area contributed by atoms with E-state index in [0.29, 0.717) is 5.56 Å². The van der Waals surface area contributed by atoms with Crippen LogP contribution in [0.3, 0.4) is 0 Å². The van der Waals surface area contributed by atoms with Gasteiger partial charge in [0.1, 0.15) is 12.2 Å². The molecule has 112 valence electrons. The quantitative estimate of drug-likeness (QED) is 0.404. The fourth-order valence-corrected chi connectivity index (χ4v) is 1.66. The van der Waals surface area contributed by atoms with Gasteiger partial charge in [0.25, 0.3) is 5.25 Å². The number of aromatic nitrogens is 1. The highest BCUT2D eigenvalue weighted by Crippen LogP contribution is 2.31. The molecule has 6 N–H and O–H groups in total. The van der Waals surface area contributed by atoms with Gasteiger partial charge in [-0.1, -0.05) is 11.6 Å². The summed E-state index contributed by atoms with van der Waals surface area (Å²) < 4.78 is 4.49. The molecule has 20 heavy (non-hydrogen) atoms. The van der Waals surface area contributed by atoms with Crippen LogP contribution in [0.15, 0.2) is 24.5 Å². The number of alkyl halides is 1. The lowest BCUT2D eigenvalue weighted by atomic mass is 10.1. The highest BCUT2D eigenvalue weighted by atomic mass is 35.5. The van der Waals surface area contributed by atoms with Gasteiger partial charge in [0.05, 0.1) is 12.2 Å². The molecule has 1 saturated heterocycles. The Bertz CT molecular complexity index is 444. The lowest BCUT2D eigenvalue weighted by Gasteiger charge is -2.16. The maximum absolute atomic E-state index is 10.4. The van der Waals surface area contributed by atoms with E-state index in [4.69, 9.17) is 37.8 Å². The molecule has 9 heteroatoms. The molecule has 0 aliphatic carbocycles. The van der Waals surface area contributed by atoms with Crippen LogP contribution in [0.2, 0.25) is 0 Å². The molecular weight excluding hydrogens is 292 g/mol. The Hall–Kier alpha value is -1.29. The Kier molecular flexibility index (Phi) is 5.81. The van der Waals surface area contributed by atoms with Gasteiger partial charge in [-0.15, -0.1) is 0 Å². The summed E-state index contributed by atoms with van der Waals surface area (Å²) in [6.07, 6.45) is -0.967. The van der Waals surface area contributed by atoms with Crippen LogP contribution in [-0.4, -0.2) is 61.5 Å². The van der Waals surface area contributed by atoms with E-state index >= 15 is 0 Å². The molecule has 0 radical (unpaired) electrons. The standard InChI is InChI=1S/C6H6N2O.C5H9ClO5/c7-6(9)5-2-1-3-8-4-5;6-5(10)4(9)3(8)2(1-7)11-5/h1-4H,(H2,7,9);2-4,7-10H,1H2/t;2-,3-,4-,5+/m.1/s1. The molecule has 1 aromatic heterocycles. The van der Waals surface area contributed by atoms with Crippen LogP contribution in [0.1, 0.15) is 10.4 Å². The third kappa shape index (κ3) is 4.10. The summed E-state index contributed by atoms with van der Waals surface area (Å²) in [5.74, 6) is -0.442. The monoisotopic (exact) mass is 306 g/mol. The fraction of sp³-hybridized carbons (Fsp3) is 0.455. The van der Waals surface area contributed by atoms with Crippen LogP contribution in [-0.2, 0) is 4.74 Å². The topological polar surface area (TPSA) is 146 Å². The average Bonchev–Trinajstić information content (AvgIpc) is 2.63. The summed E-state index contributed by atoms with van der Waals surface area (Å²) in [4.78, 5) is 14.1. The fourth-order valence-electron chi connectivity index (χ4n) is 1.42. The number of rotatable bonds is 2. The Labute approximate surface area is 119 Å². The first kappa shape index (κ1) is 16.8. The number of primary amides is 1. The zero-order chi connectivity index (χ0) is 15.3. The molecule has 4 atom stereocenters. The molecule has 1 aliphatic rings. The van der Waals surface area contributed by atoms with E-state index in [2.05, 4.69) is 9.72 Å². The molecule has 0 bridgehead atoms. The van der Waals surface area contributed by atoms with Gasteiger partial charge in [-0.3, -0.25) is 9.78 Å². The van der Waals surface area contributed by atoms with E-state index in [1.807, 2.05) is 0 Å².